The Labute approximate surface area is 76.2 Å². The van der Waals surface area contributed by atoms with Crippen LogP contribution >= 0.6 is 0 Å². The van der Waals surface area contributed by atoms with E-state index < -0.39 is 0 Å². The Morgan fingerprint density at radius 2 is 2.46 bits per heavy atom. The molecule has 4 nitrogen and oxygen atoms in total. The largest absolute Gasteiger partial charge is 0.393 e. The van der Waals surface area contributed by atoms with Gasteiger partial charge in [-0.3, -0.25) is 4.57 Å². The van der Waals surface area contributed by atoms with Crippen LogP contribution in [-0.2, 0) is 6.54 Å². The van der Waals surface area contributed by atoms with Crippen LogP contribution in [0.4, 0.5) is 0 Å². The summed E-state index contributed by atoms with van der Waals surface area (Å²) in [6, 6.07) is 0. The summed E-state index contributed by atoms with van der Waals surface area (Å²) in [6.07, 6.45) is 5.99. The molecule has 2 unspecified atom stereocenters. The number of H-pyrrole nitrogens is 1. The van der Waals surface area contributed by atoms with Gasteiger partial charge in [0.1, 0.15) is 0 Å². The number of hydrogen-bond donors (Lipinski definition) is 2. The van der Waals surface area contributed by atoms with Crippen molar-refractivity contribution in [1.29, 1.82) is 0 Å². The normalized spacial score (nSPS) is 28.1. The molecule has 13 heavy (non-hydrogen) atoms. The molecule has 2 atom stereocenters. The van der Waals surface area contributed by atoms with Crippen LogP contribution in [0.5, 0.6) is 0 Å². The molecule has 0 aromatic carbocycles. The zero-order valence-corrected chi connectivity index (χ0v) is 7.44. The maximum Gasteiger partial charge on any atom is 0.325 e. The molecular formula is C9H14N2O2. The van der Waals surface area contributed by atoms with Gasteiger partial charge in [0.2, 0.25) is 0 Å². The lowest BCUT2D eigenvalue weighted by atomic mass is 10.1. The summed E-state index contributed by atoms with van der Waals surface area (Å²) in [5, 5.41) is 9.30. The highest BCUT2D eigenvalue weighted by Gasteiger charge is 2.23. The maximum atomic E-state index is 11.1. The molecule has 0 bridgehead atoms. The minimum atomic E-state index is -0.153. The van der Waals surface area contributed by atoms with Gasteiger partial charge >= 0.3 is 5.69 Å². The highest BCUT2D eigenvalue weighted by molar-refractivity contribution is 4.80. The van der Waals surface area contributed by atoms with Gasteiger partial charge in [-0.25, -0.2) is 4.79 Å². The average molecular weight is 182 g/mol. The van der Waals surface area contributed by atoms with Crippen molar-refractivity contribution >= 4 is 0 Å². The Balaban J connectivity index is 1.99. The molecule has 0 saturated heterocycles. The van der Waals surface area contributed by atoms with Crippen molar-refractivity contribution in [2.45, 2.75) is 31.9 Å². The Morgan fingerprint density at radius 3 is 3.00 bits per heavy atom. The lowest BCUT2D eigenvalue weighted by molar-refractivity contribution is 0.176. The van der Waals surface area contributed by atoms with Crippen LogP contribution in [0.1, 0.15) is 19.3 Å². The molecule has 2 N–H and O–H groups in total. The lowest BCUT2D eigenvalue weighted by Crippen LogP contribution is -2.20. The number of rotatable bonds is 2. The van der Waals surface area contributed by atoms with Crippen LogP contribution in [0.2, 0.25) is 0 Å². The summed E-state index contributed by atoms with van der Waals surface area (Å²) in [5.74, 6) is 0.462. The SMILES string of the molecule is O=c1[nH]ccn1CC1CCC(O)C1. The van der Waals surface area contributed by atoms with Crippen LogP contribution in [0, 0.1) is 5.92 Å². The summed E-state index contributed by atoms with van der Waals surface area (Å²) >= 11 is 0. The van der Waals surface area contributed by atoms with Crippen molar-refractivity contribution in [3.63, 3.8) is 0 Å². The summed E-state index contributed by atoms with van der Waals surface area (Å²) in [7, 11) is 0. The van der Waals surface area contributed by atoms with E-state index in [9.17, 15) is 9.90 Å². The summed E-state index contributed by atoms with van der Waals surface area (Å²) < 4.78 is 1.67. The fourth-order valence-electron chi connectivity index (χ4n) is 1.99. The minimum Gasteiger partial charge on any atom is -0.393 e. The fraction of sp³-hybridized carbons (Fsp3) is 0.667. The molecule has 1 aliphatic rings. The van der Waals surface area contributed by atoms with Gasteiger partial charge in [-0.1, -0.05) is 0 Å². The predicted molar refractivity (Wildman–Crippen MR) is 48.4 cm³/mol. The maximum absolute atomic E-state index is 11.1. The highest BCUT2D eigenvalue weighted by Crippen LogP contribution is 2.26. The van der Waals surface area contributed by atoms with E-state index in [4.69, 9.17) is 0 Å². The molecule has 0 aliphatic heterocycles. The van der Waals surface area contributed by atoms with Crippen LogP contribution in [-0.4, -0.2) is 20.8 Å². The smallest absolute Gasteiger partial charge is 0.325 e. The van der Waals surface area contributed by atoms with Crippen LogP contribution in [0.25, 0.3) is 0 Å². The number of imidazole rings is 1. The molecule has 0 radical (unpaired) electrons. The monoisotopic (exact) mass is 182 g/mol. The van der Waals surface area contributed by atoms with Gasteiger partial charge in [-0.05, 0) is 25.2 Å². The zero-order chi connectivity index (χ0) is 9.26. The van der Waals surface area contributed by atoms with Crippen molar-refractivity contribution < 1.29 is 5.11 Å². The van der Waals surface area contributed by atoms with Gasteiger partial charge in [-0.2, -0.15) is 0 Å². The number of aromatic nitrogens is 2. The Kier molecular flexibility index (Phi) is 2.22. The molecule has 1 saturated carbocycles. The van der Waals surface area contributed by atoms with Gasteiger partial charge in [-0.15, -0.1) is 0 Å². The van der Waals surface area contributed by atoms with E-state index in [0.29, 0.717) is 5.92 Å². The third-order valence-corrected chi connectivity index (χ3v) is 2.69. The van der Waals surface area contributed by atoms with Crippen molar-refractivity contribution in [3.05, 3.63) is 22.9 Å². The van der Waals surface area contributed by atoms with Crippen molar-refractivity contribution in [3.8, 4) is 0 Å². The standard InChI is InChI=1S/C9H14N2O2/c12-8-2-1-7(5-8)6-11-4-3-10-9(11)13/h3-4,7-8,12H,1-2,5-6H2,(H,10,13). The third kappa shape index (κ3) is 1.83. The molecule has 1 aromatic rings. The number of aromatic amines is 1. The first kappa shape index (κ1) is 8.56. The van der Waals surface area contributed by atoms with E-state index >= 15 is 0 Å². The van der Waals surface area contributed by atoms with Gasteiger partial charge in [0.05, 0.1) is 6.10 Å². The molecular weight excluding hydrogens is 168 g/mol. The van der Waals surface area contributed by atoms with Crippen molar-refractivity contribution in [2.24, 2.45) is 5.92 Å². The van der Waals surface area contributed by atoms with Gasteiger partial charge in [0.15, 0.2) is 0 Å². The first-order valence-electron chi connectivity index (χ1n) is 4.67. The van der Waals surface area contributed by atoms with Crippen molar-refractivity contribution in [2.75, 3.05) is 0 Å². The predicted octanol–water partition coefficient (Wildman–Crippen LogP) is 0.337. The number of aliphatic hydroxyl groups excluding tert-OH is 1. The molecule has 1 aliphatic carbocycles. The van der Waals surface area contributed by atoms with E-state index in [0.717, 1.165) is 25.8 Å². The molecule has 1 fully saturated rings. The second kappa shape index (κ2) is 3.38. The molecule has 72 valence electrons. The molecule has 1 heterocycles. The van der Waals surface area contributed by atoms with E-state index in [1.807, 2.05) is 0 Å². The average Bonchev–Trinajstić information content (AvgIpc) is 2.64. The van der Waals surface area contributed by atoms with Crippen molar-refractivity contribution in [1.82, 2.24) is 9.55 Å². The van der Waals surface area contributed by atoms with Gasteiger partial charge < -0.3 is 10.1 Å². The second-order valence-corrected chi connectivity index (χ2v) is 3.75. The van der Waals surface area contributed by atoms with E-state index in [-0.39, 0.29) is 11.8 Å². The number of nitrogens with zero attached hydrogens (tertiary/aromatic N) is 1. The van der Waals surface area contributed by atoms with Crippen LogP contribution < -0.4 is 5.69 Å². The molecule has 0 spiro atoms. The Bertz CT molecular complexity index is 328. The lowest BCUT2D eigenvalue weighted by Gasteiger charge is -2.08. The van der Waals surface area contributed by atoms with Gasteiger partial charge in [0, 0.05) is 18.9 Å². The van der Waals surface area contributed by atoms with E-state index in [1.54, 1.807) is 17.0 Å². The fourth-order valence-corrected chi connectivity index (χ4v) is 1.99. The van der Waals surface area contributed by atoms with E-state index in [1.165, 1.54) is 0 Å². The number of hydrogen-bond acceptors (Lipinski definition) is 2. The number of nitrogens with one attached hydrogen (secondary N) is 1. The first-order chi connectivity index (χ1) is 6.25. The Morgan fingerprint density at radius 1 is 1.62 bits per heavy atom. The van der Waals surface area contributed by atoms with Gasteiger partial charge in [0.25, 0.3) is 0 Å². The Hall–Kier alpha value is -1.03. The molecule has 1 aromatic heterocycles. The van der Waals surface area contributed by atoms with Crippen LogP contribution in [0.15, 0.2) is 17.2 Å². The zero-order valence-electron chi connectivity index (χ0n) is 7.44. The second-order valence-electron chi connectivity index (χ2n) is 3.75. The highest BCUT2D eigenvalue weighted by atomic mass is 16.3. The topological polar surface area (TPSA) is 58.0 Å². The molecule has 4 heteroatoms. The first-order valence-corrected chi connectivity index (χ1v) is 4.67. The quantitative estimate of drug-likeness (QED) is 0.692. The third-order valence-electron chi connectivity index (χ3n) is 2.69. The van der Waals surface area contributed by atoms with E-state index in [2.05, 4.69) is 4.98 Å². The number of aliphatic hydroxyl groups is 1. The summed E-state index contributed by atoms with van der Waals surface area (Å²) in [5.41, 5.74) is -0.0543. The van der Waals surface area contributed by atoms with Crippen LogP contribution in [0.3, 0.4) is 0 Å². The molecule has 2 rings (SSSR count). The summed E-state index contributed by atoms with van der Waals surface area (Å²) in [4.78, 5) is 13.7. The summed E-state index contributed by atoms with van der Waals surface area (Å²) in [6.45, 7) is 0.736. The molecule has 0 amide bonds. The minimum absolute atomic E-state index is 0.0543.